The van der Waals surface area contributed by atoms with Crippen LogP contribution >= 0.6 is 11.6 Å². The summed E-state index contributed by atoms with van der Waals surface area (Å²) < 4.78 is 46.0. The first-order valence-electron chi connectivity index (χ1n) is 12.9. The lowest BCUT2D eigenvalue weighted by molar-refractivity contribution is -0.141. The molecule has 1 spiro atoms. The third-order valence-corrected chi connectivity index (χ3v) is 8.16. The number of halogens is 4. The first kappa shape index (κ1) is 24.7. The summed E-state index contributed by atoms with van der Waals surface area (Å²) in [4.78, 5) is 24.2. The number of hydrogen-bond donors (Lipinski definition) is 1. The number of hydrogen-bond acceptors (Lipinski definition) is 5. The molecule has 0 unspecified atom stereocenters. The maximum Gasteiger partial charge on any atom is 0.433 e. The summed E-state index contributed by atoms with van der Waals surface area (Å²) in [6, 6.07) is 8.18. The van der Waals surface area contributed by atoms with E-state index in [0.717, 1.165) is 49.4 Å². The predicted molar refractivity (Wildman–Crippen MR) is 134 cm³/mol. The van der Waals surface area contributed by atoms with Crippen LogP contribution in [0.25, 0.3) is 0 Å². The Kier molecular flexibility index (Phi) is 6.18. The molecule has 1 saturated heterocycles. The second-order valence-corrected chi connectivity index (χ2v) is 10.9. The molecule has 3 fully saturated rings. The minimum atomic E-state index is -4.52. The van der Waals surface area contributed by atoms with Crippen LogP contribution < -0.4 is 10.2 Å². The van der Waals surface area contributed by atoms with Gasteiger partial charge in [-0.2, -0.15) is 13.2 Å². The van der Waals surface area contributed by atoms with E-state index in [4.69, 9.17) is 21.3 Å². The molecule has 1 aromatic heterocycles. The maximum atomic E-state index is 13.3. The fraction of sp³-hybridized carbons (Fsp3) is 0.519. The van der Waals surface area contributed by atoms with E-state index < -0.39 is 17.4 Å². The number of alkyl halides is 3. The van der Waals surface area contributed by atoms with Gasteiger partial charge in [0.1, 0.15) is 17.1 Å². The number of carbonyl (C=O) groups excluding carboxylic acids is 1. The molecule has 0 radical (unpaired) electrons. The van der Waals surface area contributed by atoms with Crippen molar-refractivity contribution in [1.82, 2.24) is 10.3 Å². The average Bonchev–Trinajstić information content (AvgIpc) is 3.61. The summed E-state index contributed by atoms with van der Waals surface area (Å²) in [6.45, 7) is 1.72. The van der Waals surface area contributed by atoms with E-state index in [9.17, 15) is 18.0 Å². The molecule has 2 aromatic rings. The summed E-state index contributed by atoms with van der Waals surface area (Å²) in [5.41, 5.74) is 1.11. The normalized spacial score (nSPS) is 21.7. The van der Waals surface area contributed by atoms with Crippen molar-refractivity contribution in [1.29, 1.82) is 0 Å². The number of ether oxygens (including phenoxy) is 1. The van der Waals surface area contributed by atoms with Crippen molar-refractivity contribution in [3.05, 3.63) is 57.9 Å². The highest BCUT2D eigenvalue weighted by molar-refractivity contribution is 6.30. The molecule has 1 amide bonds. The van der Waals surface area contributed by atoms with Crippen molar-refractivity contribution in [2.45, 2.75) is 75.3 Å². The molecule has 0 atom stereocenters. The minimum absolute atomic E-state index is 0.0468. The predicted octanol–water partition coefficient (Wildman–Crippen LogP) is 5.62. The van der Waals surface area contributed by atoms with Crippen molar-refractivity contribution in [3.8, 4) is 0 Å². The average molecular weight is 533 g/mol. The highest BCUT2D eigenvalue weighted by Crippen LogP contribution is 2.41. The molecule has 10 heteroatoms. The van der Waals surface area contributed by atoms with Gasteiger partial charge in [0.25, 0.3) is 5.91 Å². The Morgan fingerprint density at radius 2 is 1.86 bits per heavy atom. The van der Waals surface area contributed by atoms with Crippen molar-refractivity contribution in [2.75, 3.05) is 18.0 Å². The Balaban J connectivity index is 1.24. The summed E-state index contributed by atoms with van der Waals surface area (Å²) in [7, 11) is 0. The van der Waals surface area contributed by atoms with E-state index in [-0.39, 0.29) is 11.8 Å². The second kappa shape index (κ2) is 9.27. The van der Waals surface area contributed by atoms with Crippen LogP contribution in [0.3, 0.4) is 0 Å². The molecule has 1 aromatic carbocycles. The molecule has 6 rings (SSSR count). The van der Waals surface area contributed by atoms with Crippen LogP contribution in [0.2, 0.25) is 5.02 Å². The number of anilines is 1. The van der Waals surface area contributed by atoms with Gasteiger partial charge in [0.15, 0.2) is 0 Å². The van der Waals surface area contributed by atoms with Gasteiger partial charge in [-0.25, -0.2) is 4.98 Å². The number of amidine groups is 1. The molecule has 2 aliphatic carbocycles. The van der Waals surface area contributed by atoms with Crippen molar-refractivity contribution in [3.63, 3.8) is 0 Å². The Morgan fingerprint density at radius 3 is 2.51 bits per heavy atom. The topological polar surface area (TPSA) is 66.8 Å². The summed E-state index contributed by atoms with van der Waals surface area (Å²) in [5, 5.41) is 3.52. The minimum Gasteiger partial charge on any atom is -0.373 e. The summed E-state index contributed by atoms with van der Waals surface area (Å²) >= 11 is 6.31. The first-order chi connectivity index (χ1) is 17.7. The van der Waals surface area contributed by atoms with Crippen LogP contribution in [-0.4, -0.2) is 41.5 Å². The molecule has 6 nitrogen and oxygen atoms in total. The fourth-order valence-electron chi connectivity index (χ4n) is 5.32. The van der Waals surface area contributed by atoms with Gasteiger partial charge in [0.05, 0.1) is 18.4 Å². The van der Waals surface area contributed by atoms with Crippen LogP contribution in [-0.2, 0) is 22.3 Å². The van der Waals surface area contributed by atoms with Crippen molar-refractivity contribution in [2.24, 2.45) is 4.99 Å². The Morgan fingerprint density at radius 1 is 1.11 bits per heavy atom. The number of piperidine rings is 1. The van der Waals surface area contributed by atoms with Crippen molar-refractivity contribution < 1.29 is 22.7 Å². The molecule has 4 aliphatic rings. The van der Waals surface area contributed by atoms with Crippen LogP contribution in [0.15, 0.2) is 35.3 Å². The van der Waals surface area contributed by atoms with E-state index in [0.29, 0.717) is 60.8 Å². The SMILES string of the molecule is O=C1NC(c2ccc(C(F)(F)F)nc2C2CCC2)=NC12CCN(c1cc(Cl)ccc1COC1CC1)CC2. The van der Waals surface area contributed by atoms with Gasteiger partial charge in [-0.1, -0.05) is 24.1 Å². The summed E-state index contributed by atoms with van der Waals surface area (Å²) in [6.07, 6.45) is 1.53. The molecular weight excluding hydrogens is 505 g/mol. The van der Waals surface area contributed by atoms with Gasteiger partial charge in [0, 0.05) is 40.8 Å². The second-order valence-electron chi connectivity index (χ2n) is 10.5. The van der Waals surface area contributed by atoms with Gasteiger partial charge in [-0.15, -0.1) is 0 Å². The number of aliphatic imine (C=N–C) groups is 1. The first-order valence-corrected chi connectivity index (χ1v) is 13.2. The van der Waals surface area contributed by atoms with E-state index in [1.165, 1.54) is 6.07 Å². The third kappa shape index (κ3) is 4.83. The maximum absolute atomic E-state index is 13.3. The number of rotatable bonds is 6. The zero-order valence-electron chi connectivity index (χ0n) is 20.3. The number of aromatic nitrogens is 1. The number of nitrogens with one attached hydrogen (secondary N) is 1. The number of amides is 1. The molecule has 3 heterocycles. The molecule has 196 valence electrons. The molecule has 37 heavy (non-hydrogen) atoms. The fourth-order valence-corrected chi connectivity index (χ4v) is 5.49. The van der Waals surface area contributed by atoms with E-state index in [1.54, 1.807) is 0 Å². The van der Waals surface area contributed by atoms with Gasteiger partial charge < -0.3 is 15.0 Å². The highest BCUT2D eigenvalue weighted by Gasteiger charge is 2.47. The number of pyridine rings is 1. The van der Waals surface area contributed by atoms with Crippen LogP contribution in [0.1, 0.15) is 73.4 Å². The lowest BCUT2D eigenvalue weighted by atomic mass is 9.80. The van der Waals surface area contributed by atoms with E-state index >= 15 is 0 Å². The van der Waals surface area contributed by atoms with Crippen LogP contribution in [0, 0.1) is 0 Å². The number of benzene rings is 1. The Hall–Kier alpha value is -2.65. The van der Waals surface area contributed by atoms with Gasteiger partial charge in [-0.05, 0) is 62.8 Å². The zero-order chi connectivity index (χ0) is 25.8. The third-order valence-electron chi connectivity index (χ3n) is 7.92. The zero-order valence-corrected chi connectivity index (χ0v) is 21.0. The number of carbonyl (C=O) groups is 1. The van der Waals surface area contributed by atoms with Crippen molar-refractivity contribution >= 4 is 29.0 Å². The smallest absolute Gasteiger partial charge is 0.373 e. The van der Waals surface area contributed by atoms with Crippen LogP contribution in [0.4, 0.5) is 18.9 Å². The monoisotopic (exact) mass is 532 g/mol. The lowest BCUT2D eigenvalue weighted by Crippen LogP contribution is -2.49. The van der Waals surface area contributed by atoms with Crippen LogP contribution in [0.5, 0.6) is 0 Å². The number of nitrogens with zero attached hydrogens (tertiary/aromatic N) is 3. The Labute approximate surface area is 218 Å². The van der Waals surface area contributed by atoms with Gasteiger partial charge >= 0.3 is 6.18 Å². The molecular formula is C27H28ClF3N4O2. The lowest BCUT2D eigenvalue weighted by Gasteiger charge is -2.37. The molecule has 2 aliphatic heterocycles. The van der Waals surface area contributed by atoms with E-state index in [1.807, 2.05) is 18.2 Å². The Bertz CT molecular complexity index is 1250. The molecule has 0 bridgehead atoms. The standard InChI is InChI=1S/C27H28ClF3N4O2/c28-18-5-4-17(15-37-19-6-7-19)21(14-18)35-12-10-26(11-13-35)25(36)33-24(34-26)20-8-9-22(27(29,30)31)32-23(20)16-2-1-3-16/h4-5,8-9,14,16,19H,1-3,6-7,10-13,15H2,(H,33,34,36). The summed E-state index contributed by atoms with van der Waals surface area (Å²) in [5.74, 6) is 0.0854. The molecule has 2 saturated carbocycles. The highest BCUT2D eigenvalue weighted by atomic mass is 35.5. The van der Waals surface area contributed by atoms with E-state index in [2.05, 4.69) is 15.2 Å². The largest absolute Gasteiger partial charge is 0.433 e. The van der Waals surface area contributed by atoms with Gasteiger partial charge in [0.2, 0.25) is 0 Å². The molecule has 1 N–H and O–H groups in total. The quantitative estimate of drug-likeness (QED) is 0.525. The van der Waals surface area contributed by atoms with Gasteiger partial charge in [-0.3, -0.25) is 9.79 Å².